The van der Waals surface area contributed by atoms with Crippen molar-refractivity contribution in [2.24, 2.45) is 0 Å². The van der Waals surface area contributed by atoms with Crippen LogP contribution in [0, 0.1) is 0 Å². The predicted octanol–water partition coefficient (Wildman–Crippen LogP) is 4.28. The van der Waals surface area contributed by atoms with Gasteiger partial charge in [-0.1, -0.05) is 46.9 Å². The summed E-state index contributed by atoms with van der Waals surface area (Å²) in [7, 11) is -3.90. The molecule has 33 heavy (non-hydrogen) atoms. The van der Waals surface area contributed by atoms with Gasteiger partial charge in [-0.15, -0.1) is 0 Å². The minimum Gasteiger partial charge on any atom is -0.461 e. The summed E-state index contributed by atoms with van der Waals surface area (Å²) in [6.07, 6.45) is 0. The van der Waals surface area contributed by atoms with Crippen molar-refractivity contribution in [3.05, 3.63) is 57.2 Å². The molecule has 0 atom stereocenters. The number of hydrogen-bond donors (Lipinski definition) is 0. The summed E-state index contributed by atoms with van der Waals surface area (Å²) in [5, 5.41) is 0.271. The van der Waals surface area contributed by atoms with Crippen molar-refractivity contribution in [3.8, 4) is 0 Å². The van der Waals surface area contributed by atoms with E-state index in [4.69, 9.17) is 39.5 Å². The molecular weight excluding hydrogens is 511 g/mol. The number of rotatable bonds is 5. The molecule has 0 bridgehead atoms. The second-order valence-electron chi connectivity index (χ2n) is 7.19. The van der Waals surface area contributed by atoms with E-state index in [0.717, 1.165) is 0 Å². The molecule has 1 fully saturated rings. The summed E-state index contributed by atoms with van der Waals surface area (Å²) in [4.78, 5) is 23.4. The summed E-state index contributed by atoms with van der Waals surface area (Å²) >= 11 is 18.1. The van der Waals surface area contributed by atoms with Gasteiger partial charge >= 0.3 is 5.97 Å². The van der Waals surface area contributed by atoms with Gasteiger partial charge in [0.05, 0.1) is 32.7 Å². The van der Waals surface area contributed by atoms with Gasteiger partial charge in [0.15, 0.2) is 11.5 Å². The van der Waals surface area contributed by atoms with E-state index in [1.807, 2.05) is 17.0 Å². The average molecular weight is 530 g/mol. The molecule has 12 heteroatoms. The van der Waals surface area contributed by atoms with Crippen molar-refractivity contribution in [1.82, 2.24) is 14.3 Å². The Kier molecular flexibility index (Phi) is 6.97. The fraction of sp³-hybridized carbons (Fsp3) is 0.286. The first kappa shape index (κ1) is 24.0. The topological polar surface area (TPSA) is 92.7 Å². The third kappa shape index (κ3) is 4.74. The van der Waals surface area contributed by atoms with Crippen molar-refractivity contribution in [1.29, 1.82) is 0 Å². The van der Waals surface area contributed by atoms with Gasteiger partial charge in [-0.2, -0.15) is 4.31 Å². The highest BCUT2D eigenvalue weighted by Crippen LogP contribution is 2.34. The number of hydrogen-bond acceptors (Lipinski definition) is 7. The van der Waals surface area contributed by atoms with E-state index in [-0.39, 0.29) is 58.4 Å². The molecule has 0 amide bonds. The number of carbonyl (C=O) groups excluding carboxylic acids is 1. The SMILES string of the molecule is CCOC(=O)c1nc2ccccc2nc1N1CCN(S(=O)(=O)c2cc(Cl)c(Cl)cc2Cl)CC1. The number of anilines is 1. The summed E-state index contributed by atoms with van der Waals surface area (Å²) in [5.74, 6) is -0.222. The molecule has 8 nitrogen and oxygen atoms in total. The highest BCUT2D eigenvalue weighted by Gasteiger charge is 2.33. The van der Waals surface area contributed by atoms with Gasteiger partial charge in [0.2, 0.25) is 10.0 Å². The van der Waals surface area contributed by atoms with E-state index < -0.39 is 16.0 Å². The molecule has 1 aliphatic heterocycles. The number of fused-ring (bicyclic) bond motifs is 1. The van der Waals surface area contributed by atoms with Crippen LogP contribution in [-0.2, 0) is 14.8 Å². The van der Waals surface area contributed by atoms with Crippen molar-refractivity contribution >= 4 is 67.6 Å². The Morgan fingerprint density at radius 3 is 2.21 bits per heavy atom. The molecule has 1 aliphatic rings. The van der Waals surface area contributed by atoms with E-state index >= 15 is 0 Å². The van der Waals surface area contributed by atoms with E-state index in [9.17, 15) is 13.2 Å². The third-order valence-corrected chi connectivity index (χ3v) is 8.24. The summed E-state index contributed by atoms with van der Waals surface area (Å²) < 4.78 is 32.8. The fourth-order valence-corrected chi connectivity index (χ4v) is 5.93. The zero-order valence-electron chi connectivity index (χ0n) is 17.5. The van der Waals surface area contributed by atoms with Gasteiger partial charge in [0, 0.05) is 26.2 Å². The molecule has 0 spiro atoms. The van der Waals surface area contributed by atoms with Crippen LogP contribution in [0.25, 0.3) is 11.0 Å². The average Bonchev–Trinajstić information content (AvgIpc) is 2.80. The Morgan fingerprint density at radius 2 is 1.58 bits per heavy atom. The molecule has 3 aromatic rings. The number of sulfonamides is 1. The summed E-state index contributed by atoms with van der Waals surface area (Å²) in [6, 6.07) is 9.76. The number of carbonyl (C=O) groups is 1. The molecule has 0 radical (unpaired) electrons. The molecule has 2 aromatic carbocycles. The first-order chi connectivity index (χ1) is 15.7. The van der Waals surface area contributed by atoms with Gasteiger partial charge in [0.1, 0.15) is 4.90 Å². The lowest BCUT2D eigenvalue weighted by molar-refractivity contribution is 0.0520. The van der Waals surface area contributed by atoms with Crippen LogP contribution in [0.3, 0.4) is 0 Å². The molecule has 2 heterocycles. The molecule has 174 valence electrons. The van der Waals surface area contributed by atoms with Crippen molar-refractivity contribution in [3.63, 3.8) is 0 Å². The summed E-state index contributed by atoms with van der Waals surface area (Å²) in [6.45, 7) is 2.79. The third-order valence-electron chi connectivity index (χ3n) is 5.15. The Morgan fingerprint density at radius 1 is 0.970 bits per heavy atom. The van der Waals surface area contributed by atoms with Crippen molar-refractivity contribution in [2.75, 3.05) is 37.7 Å². The molecule has 0 saturated carbocycles. The number of halogens is 3. The number of aromatic nitrogens is 2. The predicted molar refractivity (Wildman–Crippen MR) is 128 cm³/mol. The Labute approximate surface area is 206 Å². The number of esters is 1. The highest BCUT2D eigenvalue weighted by atomic mass is 35.5. The largest absolute Gasteiger partial charge is 0.461 e. The molecule has 1 saturated heterocycles. The van der Waals surface area contributed by atoms with Gasteiger partial charge < -0.3 is 9.64 Å². The lowest BCUT2D eigenvalue weighted by Gasteiger charge is -2.35. The van der Waals surface area contributed by atoms with Crippen LogP contribution in [0.1, 0.15) is 17.4 Å². The van der Waals surface area contributed by atoms with Crippen LogP contribution in [0.5, 0.6) is 0 Å². The molecule has 0 N–H and O–H groups in total. The van der Waals surface area contributed by atoms with E-state index in [0.29, 0.717) is 16.9 Å². The number of para-hydroxylation sites is 2. The van der Waals surface area contributed by atoms with Gasteiger partial charge in [-0.3, -0.25) is 0 Å². The first-order valence-corrected chi connectivity index (χ1v) is 12.6. The quantitative estimate of drug-likeness (QED) is 0.360. The second-order valence-corrected chi connectivity index (χ2v) is 10.3. The minimum atomic E-state index is -3.90. The number of nitrogens with zero attached hydrogens (tertiary/aromatic N) is 4. The molecular formula is C21H19Cl3N4O4S. The maximum Gasteiger partial charge on any atom is 0.360 e. The number of piperazine rings is 1. The van der Waals surface area contributed by atoms with Gasteiger partial charge in [-0.25, -0.2) is 23.2 Å². The Bertz CT molecular complexity index is 1330. The maximum absolute atomic E-state index is 13.2. The number of benzene rings is 2. The Hall–Kier alpha value is -2.17. The van der Waals surface area contributed by atoms with Crippen molar-refractivity contribution < 1.29 is 17.9 Å². The van der Waals surface area contributed by atoms with E-state index in [2.05, 4.69) is 9.97 Å². The van der Waals surface area contributed by atoms with Gasteiger partial charge in [-0.05, 0) is 31.2 Å². The van der Waals surface area contributed by atoms with Gasteiger partial charge in [0.25, 0.3) is 0 Å². The zero-order valence-corrected chi connectivity index (χ0v) is 20.5. The minimum absolute atomic E-state index is 0.00294. The van der Waals surface area contributed by atoms with E-state index in [1.165, 1.54) is 16.4 Å². The molecule has 1 aromatic heterocycles. The van der Waals surface area contributed by atoms with Crippen LogP contribution in [-0.4, -0.2) is 61.4 Å². The maximum atomic E-state index is 13.2. The lowest BCUT2D eigenvalue weighted by atomic mass is 10.2. The first-order valence-electron chi connectivity index (χ1n) is 10.1. The van der Waals surface area contributed by atoms with E-state index in [1.54, 1.807) is 19.1 Å². The second kappa shape index (κ2) is 9.60. The van der Waals surface area contributed by atoms with Crippen molar-refractivity contribution in [2.45, 2.75) is 11.8 Å². The number of ether oxygens (including phenoxy) is 1. The monoisotopic (exact) mass is 528 g/mol. The van der Waals surface area contributed by atoms with Crippen LogP contribution in [0.15, 0.2) is 41.3 Å². The highest BCUT2D eigenvalue weighted by molar-refractivity contribution is 7.89. The lowest BCUT2D eigenvalue weighted by Crippen LogP contribution is -2.49. The van der Waals surface area contributed by atoms with Crippen LogP contribution < -0.4 is 4.90 Å². The molecule has 4 rings (SSSR count). The van der Waals surface area contributed by atoms with Crippen LogP contribution in [0.4, 0.5) is 5.82 Å². The Balaban J connectivity index is 1.62. The van der Waals surface area contributed by atoms with Crippen LogP contribution >= 0.6 is 34.8 Å². The molecule has 0 unspecified atom stereocenters. The standard InChI is InChI=1S/C21H19Cl3N4O4S/c1-2-32-21(29)19-20(26-17-6-4-3-5-16(17)25-19)27-7-9-28(10-8-27)33(30,31)18-12-14(23)13(22)11-15(18)24/h3-6,11-12H,2,7-10H2,1H3. The fourth-order valence-electron chi connectivity index (χ4n) is 3.53. The zero-order chi connectivity index (χ0) is 23.8. The normalized spacial score (nSPS) is 15.1. The molecule has 0 aliphatic carbocycles. The smallest absolute Gasteiger partial charge is 0.360 e. The van der Waals surface area contributed by atoms with Crippen LogP contribution in [0.2, 0.25) is 15.1 Å². The summed E-state index contributed by atoms with van der Waals surface area (Å²) in [5.41, 5.74) is 1.29.